The highest BCUT2D eigenvalue weighted by Crippen LogP contribution is 2.22. The van der Waals surface area contributed by atoms with Gasteiger partial charge in [0, 0.05) is 11.8 Å². The topological polar surface area (TPSA) is 74.6 Å². The number of hydrogen-bond acceptors (Lipinski definition) is 5. The number of amides is 1. The molecular formula is C9H10F3N3O2S. The zero-order chi connectivity index (χ0) is 13.8. The van der Waals surface area contributed by atoms with Gasteiger partial charge in [0.1, 0.15) is 11.4 Å². The maximum Gasteiger partial charge on any atom is 0.389 e. The van der Waals surface area contributed by atoms with E-state index in [1.165, 1.54) is 12.3 Å². The Labute approximate surface area is 104 Å². The fourth-order valence-electron chi connectivity index (χ4n) is 0.986. The fourth-order valence-corrected chi connectivity index (χ4v) is 1.76. The lowest BCUT2D eigenvalue weighted by atomic mass is 10.3. The van der Waals surface area contributed by atoms with Gasteiger partial charge in [0.15, 0.2) is 5.13 Å². The molecule has 5 nitrogen and oxygen atoms in total. The van der Waals surface area contributed by atoms with E-state index in [9.17, 15) is 18.0 Å². The van der Waals surface area contributed by atoms with Crippen LogP contribution >= 0.6 is 11.3 Å². The van der Waals surface area contributed by atoms with Gasteiger partial charge in [0.05, 0.1) is 6.42 Å². The first-order valence-corrected chi connectivity index (χ1v) is 5.71. The molecule has 9 heteroatoms. The summed E-state index contributed by atoms with van der Waals surface area (Å²) in [5.74, 6) is -0.758. The number of halogens is 3. The van der Waals surface area contributed by atoms with Crippen LogP contribution in [0.3, 0.4) is 0 Å². The molecular weight excluding hydrogens is 271 g/mol. The molecule has 18 heavy (non-hydrogen) atoms. The van der Waals surface area contributed by atoms with Crippen molar-refractivity contribution in [3.05, 3.63) is 11.1 Å². The molecule has 0 aliphatic heterocycles. The van der Waals surface area contributed by atoms with Crippen LogP contribution in [0.15, 0.2) is 10.5 Å². The van der Waals surface area contributed by atoms with Crippen LogP contribution in [0.1, 0.15) is 25.5 Å². The third kappa shape index (κ3) is 4.70. The highest BCUT2D eigenvalue weighted by atomic mass is 32.1. The van der Waals surface area contributed by atoms with Crippen molar-refractivity contribution < 1.29 is 23.2 Å². The van der Waals surface area contributed by atoms with E-state index in [0.717, 1.165) is 11.3 Å². The minimum atomic E-state index is -4.36. The van der Waals surface area contributed by atoms with Crippen LogP contribution in [-0.4, -0.2) is 28.0 Å². The Bertz CT molecular complexity index is 456. The molecule has 0 unspecified atom stereocenters. The first-order valence-electron chi connectivity index (χ1n) is 4.83. The first kappa shape index (κ1) is 14.4. The average molecular weight is 281 g/mol. The Balaban J connectivity index is 2.53. The van der Waals surface area contributed by atoms with Crippen molar-refractivity contribution in [1.82, 2.24) is 4.98 Å². The van der Waals surface area contributed by atoms with Crippen LogP contribution < -0.4 is 5.32 Å². The summed E-state index contributed by atoms with van der Waals surface area (Å²) in [6.07, 6.45) is -6.18. The Hall–Kier alpha value is -1.64. The summed E-state index contributed by atoms with van der Waals surface area (Å²) in [6.45, 7) is 1.50. The molecule has 0 aliphatic rings. The van der Waals surface area contributed by atoms with E-state index >= 15 is 0 Å². The van der Waals surface area contributed by atoms with Gasteiger partial charge < -0.3 is 10.5 Å². The molecule has 0 saturated carbocycles. The number of oxime groups is 1. The van der Waals surface area contributed by atoms with Crippen LogP contribution in [0.5, 0.6) is 0 Å². The maximum absolute atomic E-state index is 11.9. The number of nitrogens with zero attached hydrogens (tertiary/aromatic N) is 2. The number of aromatic nitrogens is 1. The quantitative estimate of drug-likeness (QED) is 0.506. The molecule has 100 valence electrons. The third-order valence-electron chi connectivity index (χ3n) is 1.91. The average Bonchev–Trinajstić information content (AvgIpc) is 2.73. The van der Waals surface area contributed by atoms with Gasteiger partial charge in [-0.2, -0.15) is 13.2 Å². The third-order valence-corrected chi connectivity index (χ3v) is 2.66. The van der Waals surface area contributed by atoms with E-state index < -0.39 is 24.9 Å². The molecule has 0 fully saturated rings. The highest BCUT2D eigenvalue weighted by Gasteiger charge is 2.28. The van der Waals surface area contributed by atoms with Gasteiger partial charge in [0.2, 0.25) is 5.91 Å². The van der Waals surface area contributed by atoms with Crippen molar-refractivity contribution in [2.45, 2.75) is 25.9 Å². The Morgan fingerprint density at radius 3 is 2.83 bits per heavy atom. The summed E-state index contributed by atoms with van der Waals surface area (Å²) in [6, 6.07) is 0. The number of nitrogens with one attached hydrogen (secondary N) is 1. The normalized spacial score (nSPS) is 12.6. The monoisotopic (exact) mass is 281 g/mol. The number of hydrogen-bond donors (Lipinski definition) is 2. The molecule has 0 aliphatic carbocycles. The van der Waals surface area contributed by atoms with Gasteiger partial charge in [-0.25, -0.2) is 4.98 Å². The van der Waals surface area contributed by atoms with Crippen LogP contribution in [0.25, 0.3) is 0 Å². The second-order valence-electron chi connectivity index (χ2n) is 3.39. The van der Waals surface area contributed by atoms with E-state index in [0.29, 0.717) is 5.69 Å². The number of carbonyl (C=O) groups excluding carboxylic acids is 1. The van der Waals surface area contributed by atoms with Crippen molar-refractivity contribution in [2.75, 3.05) is 5.32 Å². The summed E-state index contributed by atoms with van der Waals surface area (Å²) in [5, 5.41) is 15.3. The van der Waals surface area contributed by atoms with Crippen molar-refractivity contribution in [3.63, 3.8) is 0 Å². The minimum absolute atomic E-state index is 0.167. The number of anilines is 1. The summed E-state index contributed by atoms with van der Waals surface area (Å²) in [5.41, 5.74) is 0.607. The zero-order valence-electron chi connectivity index (χ0n) is 9.28. The molecule has 1 aromatic rings. The zero-order valence-corrected chi connectivity index (χ0v) is 10.1. The lowest BCUT2D eigenvalue weighted by Gasteiger charge is -2.05. The minimum Gasteiger partial charge on any atom is -0.411 e. The Kier molecular flexibility index (Phi) is 4.65. The van der Waals surface area contributed by atoms with Crippen LogP contribution in [-0.2, 0) is 4.79 Å². The second kappa shape index (κ2) is 5.80. The lowest BCUT2D eigenvalue weighted by Crippen LogP contribution is -2.16. The number of rotatable bonds is 4. The van der Waals surface area contributed by atoms with Crippen LogP contribution in [0.4, 0.5) is 18.3 Å². The second-order valence-corrected chi connectivity index (χ2v) is 4.24. The predicted molar refractivity (Wildman–Crippen MR) is 60.0 cm³/mol. The number of thiazole rings is 1. The SMILES string of the molecule is CC(=NO)c1csc(NC(=O)CCC(F)(F)F)n1. The van der Waals surface area contributed by atoms with E-state index in [-0.39, 0.29) is 10.8 Å². The van der Waals surface area contributed by atoms with Crippen molar-refractivity contribution in [3.8, 4) is 0 Å². The molecule has 1 amide bonds. The molecule has 0 saturated heterocycles. The van der Waals surface area contributed by atoms with Gasteiger partial charge in [-0.3, -0.25) is 4.79 Å². The van der Waals surface area contributed by atoms with Crippen molar-refractivity contribution in [1.29, 1.82) is 0 Å². The molecule has 0 radical (unpaired) electrons. The standard InChI is InChI=1S/C9H10F3N3O2S/c1-5(15-17)6-4-18-8(13-6)14-7(16)2-3-9(10,11)12/h4,17H,2-3H2,1H3,(H,13,14,16). The van der Waals surface area contributed by atoms with E-state index in [1.54, 1.807) is 0 Å². The summed E-state index contributed by atoms with van der Waals surface area (Å²) in [7, 11) is 0. The fraction of sp³-hybridized carbons (Fsp3) is 0.444. The molecule has 0 atom stereocenters. The summed E-state index contributed by atoms with van der Waals surface area (Å²) < 4.78 is 35.6. The first-order chi connectivity index (χ1) is 8.31. The largest absolute Gasteiger partial charge is 0.411 e. The Morgan fingerprint density at radius 2 is 2.28 bits per heavy atom. The molecule has 1 heterocycles. The summed E-state index contributed by atoms with van der Waals surface area (Å²) in [4.78, 5) is 15.1. The van der Waals surface area contributed by atoms with Crippen molar-refractivity contribution in [2.24, 2.45) is 5.16 Å². The lowest BCUT2D eigenvalue weighted by molar-refractivity contribution is -0.142. The van der Waals surface area contributed by atoms with E-state index in [1.807, 2.05) is 0 Å². The van der Waals surface area contributed by atoms with Gasteiger partial charge in [0.25, 0.3) is 0 Å². The molecule has 1 rings (SSSR count). The highest BCUT2D eigenvalue weighted by molar-refractivity contribution is 7.14. The van der Waals surface area contributed by atoms with Crippen molar-refractivity contribution >= 4 is 28.1 Å². The molecule has 1 aromatic heterocycles. The smallest absolute Gasteiger partial charge is 0.389 e. The van der Waals surface area contributed by atoms with Crippen LogP contribution in [0, 0.1) is 0 Å². The van der Waals surface area contributed by atoms with Gasteiger partial charge in [-0.15, -0.1) is 11.3 Å². The molecule has 0 aromatic carbocycles. The van der Waals surface area contributed by atoms with Crippen LogP contribution in [0.2, 0.25) is 0 Å². The van der Waals surface area contributed by atoms with Gasteiger partial charge in [-0.05, 0) is 6.92 Å². The predicted octanol–water partition coefficient (Wildman–Crippen LogP) is 2.62. The Morgan fingerprint density at radius 1 is 1.61 bits per heavy atom. The molecule has 0 bridgehead atoms. The maximum atomic E-state index is 11.9. The van der Waals surface area contributed by atoms with Gasteiger partial charge in [-0.1, -0.05) is 5.16 Å². The van der Waals surface area contributed by atoms with Gasteiger partial charge >= 0.3 is 6.18 Å². The molecule has 2 N–H and O–H groups in total. The number of alkyl halides is 3. The van der Waals surface area contributed by atoms with E-state index in [4.69, 9.17) is 5.21 Å². The summed E-state index contributed by atoms with van der Waals surface area (Å²) >= 11 is 1.04. The molecule has 0 spiro atoms. The number of carbonyl (C=O) groups is 1. The van der Waals surface area contributed by atoms with E-state index in [2.05, 4.69) is 15.5 Å².